The first-order chi connectivity index (χ1) is 19.6. The van der Waals surface area contributed by atoms with Crippen molar-refractivity contribution in [3.05, 3.63) is 45.6 Å². The smallest absolute Gasteiger partial charge is 0.325 e. The van der Waals surface area contributed by atoms with E-state index < -0.39 is 35.4 Å². The van der Waals surface area contributed by atoms with Crippen molar-refractivity contribution < 1.29 is 33.7 Å². The van der Waals surface area contributed by atoms with Crippen LogP contribution in [0, 0.1) is 0 Å². The summed E-state index contributed by atoms with van der Waals surface area (Å²) >= 11 is 1.53. The highest BCUT2D eigenvalue weighted by molar-refractivity contribution is 7.98. The van der Waals surface area contributed by atoms with Gasteiger partial charge in [-0.25, -0.2) is 0 Å². The molecule has 0 aromatic heterocycles. The number of benzene rings is 1. The minimum atomic E-state index is -1.16. The Bertz CT molecular complexity index is 1370. The molecule has 0 fully saturated rings. The second-order valence-electron chi connectivity index (χ2n) is 9.64. The van der Waals surface area contributed by atoms with Crippen LogP contribution >= 0.6 is 11.8 Å². The molecular weight excluding hydrogens is 550 g/mol. The lowest BCUT2D eigenvalue weighted by atomic mass is 9.95. The van der Waals surface area contributed by atoms with Gasteiger partial charge in [0.2, 0.25) is 23.0 Å². The van der Waals surface area contributed by atoms with E-state index >= 15 is 0 Å². The minimum absolute atomic E-state index is 0.157. The predicted molar refractivity (Wildman–Crippen MR) is 158 cm³/mol. The van der Waals surface area contributed by atoms with Gasteiger partial charge in [-0.3, -0.25) is 19.2 Å². The van der Waals surface area contributed by atoms with E-state index in [1.165, 1.54) is 53.0 Å². The van der Waals surface area contributed by atoms with Gasteiger partial charge < -0.3 is 35.3 Å². The Morgan fingerprint density at radius 1 is 1.10 bits per heavy atom. The van der Waals surface area contributed by atoms with Crippen LogP contribution in [0.2, 0.25) is 0 Å². The first-order valence-electron chi connectivity index (χ1n) is 13.1. The molecule has 2 aromatic carbocycles. The number of rotatable bonds is 12. The van der Waals surface area contributed by atoms with Crippen LogP contribution in [-0.2, 0) is 20.8 Å². The number of aryl methyl sites for hydroxylation is 1. The Labute approximate surface area is 243 Å². The van der Waals surface area contributed by atoms with Crippen LogP contribution in [0.1, 0.15) is 43.9 Å². The van der Waals surface area contributed by atoms with Crippen LogP contribution in [0.5, 0.6) is 17.2 Å². The average Bonchev–Trinajstić information content (AvgIpc) is 3.18. The molecule has 0 bridgehead atoms. The third kappa shape index (κ3) is 7.24. The molecule has 1 aliphatic rings. The molecule has 12 heteroatoms. The van der Waals surface area contributed by atoms with Gasteiger partial charge in [-0.15, -0.1) is 0 Å². The molecule has 0 aliphatic heterocycles. The number of carbonyl (C=O) groups is 3. The molecule has 0 saturated carbocycles. The van der Waals surface area contributed by atoms with Crippen LogP contribution in [0.3, 0.4) is 0 Å². The van der Waals surface area contributed by atoms with Gasteiger partial charge in [-0.1, -0.05) is 6.07 Å². The molecule has 2 amide bonds. The lowest BCUT2D eigenvalue weighted by Crippen LogP contribution is -2.47. The maximum atomic E-state index is 13.6. The molecular formula is C29H37N3O8S. The van der Waals surface area contributed by atoms with Crippen LogP contribution in [-0.4, -0.2) is 68.3 Å². The van der Waals surface area contributed by atoms with Gasteiger partial charge in [-0.05, 0) is 73.1 Å². The lowest BCUT2D eigenvalue weighted by Gasteiger charge is -2.20. The quantitative estimate of drug-likeness (QED) is 0.292. The number of amides is 2. The normalized spacial score (nSPS) is 15.2. The van der Waals surface area contributed by atoms with Gasteiger partial charge >= 0.3 is 5.97 Å². The Hall–Kier alpha value is -3.93. The van der Waals surface area contributed by atoms with Crippen LogP contribution in [0.4, 0.5) is 5.69 Å². The summed E-state index contributed by atoms with van der Waals surface area (Å²) in [6.07, 6.45) is 3.33. The number of ether oxygens (including phenoxy) is 3. The molecule has 0 heterocycles. The highest BCUT2D eigenvalue weighted by atomic mass is 32.2. The number of nitrogens with one attached hydrogen (secondary N) is 3. The summed E-state index contributed by atoms with van der Waals surface area (Å²) in [7, 11) is 4.57. The topological polar surface area (TPSA) is 152 Å². The van der Waals surface area contributed by atoms with Crippen molar-refractivity contribution in [1.29, 1.82) is 0 Å². The van der Waals surface area contributed by atoms with Gasteiger partial charge in [0.25, 0.3) is 0 Å². The summed E-state index contributed by atoms with van der Waals surface area (Å²) in [6, 6.07) is 4.27. The number of hydrogen-bond acceptors (Lipinski definition) is 9. The molecule has 3 atom stereocenters. The second kappa shape index (κ2) is 14.1. The molecule has 2 aromatic rings. The van der Waals surface area contributed by atoms with E-state index in [0.717, 1.165) is 5.56 Å². The number of methoxy groups -OCH3 is 3. The Morgan fingerprint density at radius 3 is 2.39 bits per heavy atom. The number of carboxylic acid groups (broad SMARTS) is 1. The third-order valence-corrected chi connectivity index (χ3v) is 7.55. The Morgan fingerprint density at radius 2 is 1.80 bits per heavy atom. The summed E-state index contributed by atoms with van der Waals surface area (Å²) in [5.41, 5.74) is 2.61. The van der Waals surface area contributed by atoms with Crippen LogP contribution in [0.15, 0.2) is 29.1 Å². The number of hydrogen-bond donors (Lipinski definition) is 4. The van der Waals surface area contributed by atoms with Crippen LogP contribution in [0.25, 0.3) is 11.1 Å². The standard InChI is InChI=1S/C29H37N3O8S/c1-15(29(36)37)30-28(35)22(11-12-41-6)32-21-10-8-18-19(14-23(21)34)20(31-16(2)33)9-7-17-13-24(38-3)26(39-4)27(40-5)25(17)18/h8,10,13-15,20,22H,7,9,11-12H2,1-6H3,(H,30,35)(H,31,33)(H,32,34)(H,36,37)/t15-,20-,22-/m1/s1. The fourth-order valence-corrected chi connectivity index (χ4v) is 5.37. The van der Waals surface area contributed by atoms with Gasteiger partial charge in [0.1, 0.15) is 12.1 Å². The molecule has 0 spiro atoms. The number of carboxylic acids is 1. The van der Waals surface area contributed by atoms with Crippen molar-refractivity contribution in [2.45, 2.75) is 51.2 Å². The van der Waals surface area contributed by atoms with Crippen molar-refractivity contribution >= 4 is 35.2 Å². The van der Waals surface area contributed by atoms with E-state index in [1.807, 2.05) is 12.3 Å². The summed E-state index contributed by atoms with van der Waals surface area (Å²) in [6.45, 7) is 2.80. The van der Waals surface area contributed by atoms with E-state index in [9.17, 15) is 24.3 Å². The van der Waals surface area contributed by atoms with Gasteiger partial charge in [0, 0.05) is 12.5 Å². The summed E-state index contributed by atoms with van der Waals surface area (Å²) < 4.78 is 17.0. The summed E-state index contributed by atoms with van der Waals surface area (Å²) in [5, 5.41) is 17.7. The number of fused-ring (bicyclic) bond motifs is 3. The summed E-state index contributed by atoms with van der Waals surface area (Å²) in [4.78, 5) is 50.0. The van der Waals surface area contributed by atoms with Gasteiger partial charge in [0.15, 0.2) is 11.5 Å². The van der Waals surface area contributed by atoms with E-state index in [0.29, 0.717) is 59.0 Å². The molecule has 41 heavy (non-hydrogen) atoms. The maximum Gasteiger partial charge on any atom is 0.325 e. The van der Waals surface area contributed by atoms with E-state index in [4.69, 9.17) is 14.2 Å². The van der Waals surface area contributed by atoms with Crippen molar-refractivity contribution in [1.82, 2.24) is 10.6 Å². The molecule has 0 saturated heterocycles. The first kappa shape index (κ1) is 31.6. The zero-order valence-corrected chi connectivity index (χ0v) is 24.9. The van der Waals surface area contributed by atoms with Crippen LogP contribution < -0.4 is 35.6 Å². The minimum Gasteiger partial charge on any atom is -0.493 e. The molecule has 3 rings (SSSR count). The van der Waals surface area contributed by atoms with Crippen molar-refractivity contribution in [2.75, 3.05) is 38.7 Å². The number of anilines is 1. The SMILES string of the molecule is COc1cc2c(c(OC)c1OC)-c1ccc(N[C@H](CCSC)C(=O)N[C@H](C)C(=O)O)c(=O)cc1[C@H](NC(C)=O)CC2. The molecule has 4 N–H and O–H groups in total. The largest absolute Gasteiger partial charge is 0.493 e. The first-order valence-corrected chi connectivity index (χ1v) is 14.5. The molecule has 222 valence electrons. The zero-order valence-electron chi connectivity index (χ0n) is 24.1. The zero-order chi connectivity index (χ0) is 30.3. The molecule has 1 aliphatic carbocycles. The molecule has 11 nitrogen and oxygen atoms in total. The van der Waals surface area contributed by atoms with Crippen molar-refractivity contribution in [2.24, 2.45) is 0 Å². The Balaban J connectivity index is 2.21. The number of aliphatic carboxylic acids is 1. The fraction of sp³-hybridized carbons (Fsp3) is 0.448. The Kier molecular flexibility index (Phi) is 10.9. The van der Waals surface area contributed by atoms with E-state index in [2.05, 4.69) is 16.0 Å². The van der Waals surface area contributed by atoms with Crippen molar-refractivity contribution in [3.63, 3.8) is 0 Å². The number of thioether (sulfide) groups is 1. The van der Waals surface area contributed by atoms with Gasteiger partial charge in [0.05, 0.1) is 33.1 Å². The lowest BCUT2D eigenvalue weighted by molar-refractivity contribution is -0.141. The highest BCUT2D eigenvalue weighted by Gasteiger charge is 2.30. The van der Waals surface area contributed by atoms with E-state index in [-0.39, 0.29) is 11.6 Å². The summed E-state index contributed by atoms with van der Waals surface area (Å²) in [5.74, 6) is -0.00882. The molecule has 0 unspecified atom stereocenters. The average molecular weight is 588 g/mol. The monoisotopic (exact) mass is 587 g/mol. The van der Waals surface area contributed by atoms with E-state index in [1.54, 1.807) is 12.1 Å². The second-order valence-corrected chi connectivity index (χ2v) is 10.6. The maximum absolute atomic E-state index is 13.6. The highest BCUT2D eigenvalue weighted by Crippen LogP contribution is 2.50. The fourth-order valence-electron chi connectivity index (χ4n) is 4.89. The third-order valence-electron chi connectivity index (χ3n) is 6.90. The predicted octanol–water partition coefficient (Wildman–Crippen LogP) is 2.99. The molecule has 0 radical (unpaired) electrons. The number of carbonyl (C=O) groups excluding carboxylic acids is 2. The van der Waals surface area contributed by atoms with Gasteiger partial charge in [-0.2, -0.15) is 11.8 Å². The van der Waals surface area contributed by atoms with Crippen molar-refractivity contribution in [3.8, 4) is 28.4 Å².